The standard InChI is InChI=1S/C23H19F3N4O5/c24-23(25,26)15-8-6-14(7-9-15)18(13-4-2-1-3-5-13)29-20(33)16-12-28-19(30-21(16)34)22(35)27-11-10-17(31)32/h1-9,12,18H,10-11H2,(H,27,35)(H,29,33)(H,31,32)(H,28,30,34). The molecular weight excluding hydrogens is 469 g/mol. The van der Waals surface area contributed by atoms with Gasteiger partial charge in [-0.25, -0.2) is 4.98 Å². The molecule has 0 saturated carbocycles. The summed E-state index contributed by atoms with van der Waals surface area (Å²) < 4.78 is 38.8. The minimum atomic E-state index is -4.52. The fraction of sp³-hybridized carbons (Fsp3) is 0.174. The largest absolute Gasteiger partial charge is 0.481 e. The number of aliphatic carboxylic acids is 1. The predicted molar refractivity (Wildman–Crippen MR) is 117 cm³/mol. The zero-order valence-electron chi connectivity index (χ0n) is 17.9. The van der Waals surface area contributed by atoms with E-state index in [9.17, 15) is 32.3 Å². The summed E-state index contributed by atoms with van der Waals surface area (Å²) in [5, 5.41) is 13.5. The van der Waals surface area contributed by atoms with E-state index < -0.39 is 52.5 Å². The van der Waals surface area contributed by atoms with Crippen molar-refractivity contribution in [3.05, 3.63) is 99.2 Å². The molecule has 2 aromatic carbocycles. The van der Waals surface area contributed by atoms with Gasteiger partial charge in [-0.15, -0.1) is 0 Å². The third-order valence-corrected chi connectivity index (χ3v) is 4.86. The number of aromatic amines is 1. The second kappa shape index (κ2) is 10.6. The van der Waals surface area contributed by atoms with Gasteiger partial charge in [-0.2, -0.15) is 13.2 Å². The number of H-pyrrole nitrogens is 1. The molecule has 3 aromatic rings. The lowest BCUT2D eigenvalue weighted by atomic mass is 9.97. The van der Waals surface area contributed by atoms with Gasteiger partial charge in [0.05, 0.1) is 18.0 Å². The van der Waals surface area contributed by atoms with Crippen LogP contribution in [0, 0.1) is 0 Å². The summed E-state index contributed by atoms with van der Waals surface area (Å²) in [5.74, 6) is -3.24. The van der Waals surface area contributed by atoms with Crippen molar-refractivity contribution in [3.63, 3.8) is 0 Å². The van der Waals surface area contributed by atoms with E-state index in [1.807, 2.05) is 0 Å². The highest BCUT2D eigenvalue weighted by Crippen LogP contribution is 2.31. The van der Waals surface area contributed by atoms with Crippen molar-refractivity contribution < 1.29 is 32.7 Å². The SMILES string of the molecule is O=C(O)CCNC(=O)c1ncc(C(=O)NC(c2ccccc2)c2ccc(C(F)(F)F)cc2)c(=O)[nH]1. The molecule has 2 amide bonds. The molecule has 0 saturated heterocycles. The van der Waals surface area contributed by atoms with Gasteiger partial charge in [-0.1, -0.05) is 42.5 Å². The first kappa shape index (κ1) is 25.1. The highest BCUT2D eigenvalue weighted by Gasteiger charge is 2.30. The van der Waals surface area contributed by atoms with Crippen LogP contribution in [-0.4, -0.2) is 39.4 Å². The molecule has 0 aliphatic heterocycles. The van der Waals surface area contributed by atoms with Gasteiger partial charge in [0, 0.05) is 12.7 Å². The second-order valence-electron chi connectivity index (χ2n) is 7.31. The van der Waals surface area contributed by atoms with E-state index in [0.717, 1.165) is 18.3 Å². The number of halogens is 3. The smallest absolute Gasteiger partial charge is 0.416 e. The van der Waals surface area contributed by atoms with Crippen molar-refractivity contribution in [1.82, 2.24) is 20.6 Å². The molecule has 1 atom stereocenters. The van der Waals surface area contributed by atoms with Crippen molar-refractivity contribution in [2.24, 2.45) is 0 Å². The van der Waals surface area contributed by atoms with Gasteiger partial charge >= 0.3 is 12.1 Å². The van der Waals surface area contributed by atoms with Crippen molar-refractivity contribution >= 4 is 17.8 Å². The van der Waals surface area contributed by atoms with Crippen LogP contribution >= 0.6 is 0 Å². The topological polar surface area (TPSA) is 141 Å². The molecule has 35 heavy (non-hydrogen) atoms. The van der Waals surface area contributed by atoms with E-state index in [2.05, 4.69) is 20.6 Å². The number of rotatable bonds is 8. The number of aromatic nitrogens is 2. The molecule has 9 nitrogen and oxygen atoms in total. The first-order valence-electron chi connectivity index (χ1n) is 10.2. The monoisotopic (exact) mass is 488 g/mol. The fourth-order valence-electron chi connectivity index (χ4n) is 3.12. The number of hydrogen-bond acceptors (Lipinski definition) is 5. The highest BCUT2D eigenvalue weighted by molar-refractivity contribution is 5.95. The number of carbonyl (C=O) groups excluding carboxylic acids is 2. The van der Waals surface area contributed by atoms with Crippen molar-refractivity contribution in [2.45, 2.75) is 18.6 Å². The Kier molecular flexibility index (Phi) is 7.64. The molecule has 12 heteroatoms. The molecule has 0 spiro atoms. The minimum Gasteiger partial charge on any atom is -0.481 e. The Morgan fingerprint density at radius 1 is 0.971 bits per heavy atom. The summed E-state index contributed by atoms with van der Waals surface area (Å²) in [6, 6.07) is 11.8. The molecule has 0 radical (unpaired) electrons. The first-order chi connectivity index (χ1) is 16.6. The molecule has 3 rings (SSSR count). The summed E-state index contributed by atoms with van der Waals surface area (Å²) >= 11 is 0. The van der Waals surface area contributed by atoms with Crippen LogP contribution in [0.15, 0.2) is 65.6 Å². The van der Waals surface area contributed by atoms with Gasteiger partial charge in [0.2, 0.25) is 0 Å². The number of alkyl halides is 3. The summed E-state index contributed by atoms with van der Waals surface area (Å²) in [7, 11) is 0. The van der Waals surface area contributed by atoms with Crippen LogP contribution in [0.25, 0.3) is 0 Å². The summed E-state index contributed by atoms with van der Waals surface area (Å²) in [6.45, 7) is -0.188. The Morgan fingerprint density at radius 2 is 1.60 bits per heavy atom. The van der Waals surface area contributed by atoms with E-state index in [0.29, 0.717) is 11.1 Å². The quantitative estimate of drug-likeness (QED) is 0.384. The average molecular weight is 488 g/mol. The Hall–Kier alpha value is -4.48. The number of benzene rings is 2. The van der Waals surface area contributed by atoms with Crippen molar-refractivity contribution in [3.8, 4) is 0 Å². The lowest BCUT2D eigenvalue weighted by molar-refractivity contribution is -0.138. The van der Waals surface area contributed by atoms with Gasteiger partial charge in [0.15, 0.2) is 5.82 Å². The molecule has 4 N–H and O–H groups in total. The van der Waals surface area contributed by atoms with Crippen LogP contribution in [0.1, 0.15) is 50.1 Å². The van der Waals surface area contributed by atoms with Gasteiger partial charge in [0.25, 0.3) is 17.4 Å². The Labute approximate surface area is 196 Å². The second-order valence-corrected chi connectivity index (χ2v) is 7.31. The Bertz CT molecular complexity index is 1270. The number of nitrogens with one attached hydrogen (secondary N) is 3. The van der Waals surface area contributed by atoms with Crippen molar-refractivity contribution in [1.29, 1.82) is 0 Å². The zero-order valence-corrected chi connectivity index (χ0v) is 17.9. The van der Waals surface area contributed by atoms with Crippen LogP contribution in [0.2, 0.25) is 0 Å². The third kappa shape index (κ3) is 6.53. The third-order valence-electron chi connectivity index (χ3n) is 4.86. The van der Waals surface area contributed by atoms with E-state index in [1.165, 1.54) is 12.1 Å². The van der Waals surface area contributed by atoms with Crippen LogP contribution in [0.3, 0.4) is 0 Å². The summed E-state index contributed by atoms with van der Waals surface area (Å²) in [5.41, 5.74) is -1.31. The average Bonchev–Trinajstić information content (AvgIpc) is 2.82. The number of carbonyl (C=O) groups is 3. The molecular formula is C23H19F3N4O5. The molecule has 1 aromatic heterocycles. The van der Waals surface area contributed by atoms with Gasteiger partial charge in [-0.3, -0.25) is 19.2 Å². The van der Waals surface area contributed by atoms with Crippen molar-refractivity contribution in [2.75, 3.05) is 6.54 Å². The molecule has 0 bridgehead atoms. The lowest BCUT2D eigenvalue weighted by Crippen LogP contribution is -2.35. The van der Waals surface area contributed by atoms with Crippen LogP contribution in [0.4, 0.5) is 13.2 Å². The normalized spacial score (nSPS) is 12.0. The highest BCUT2D eigenvalue weighted by atomic mass is 19.4. The molecule has 0 aliphatic rings. The van der Waals surface area contributed by atoms with Crippen LogP contribution in [0.5, 0.6) is 0 Å². The molecule has 0 fully saturated rings. The number of nitrogens with zero attached hydrogens (tertiary/aromatic N) is 1. The van der Waals surface area contributed by atoms with E-state index in [4.69, 9.17) is 5.11 Å². The molecule has 1 unspecified atom stereocenters. The number of carboxylic acid groups (broad SMARTS) is 1. The molecule has 182 valence electrons. The fourth-order valence-corrected chi connectivity index (χ4v) is 3.12. The maximum absolute atomic E-state index is 12.9. The van der Waals surface area contributed by atoms with Gasteiger partial charge in [0.1, 0.15) is 5.56 Å². The Balaban J connectivity index is 1.83. The molecule has 0 aliphatic carbocycles. The van der Waals surface area contributed by atoms with E-state index in [1.54, 1.807) is 30.3 Å². The van der Waals surface area contributed by atoms with Gasteiger partial charge < -0.3 is 20.7 Å². The summed E-state index contributed by atoms with van der Waals surface area (Å²) in [6.07, 6.45) is -3.97. The zero-order chi connectivity index (χ0) is 25.6. The predicted octanol–water partition coefficient (Wildman–Crippen LogP) is 2.51. The van der Waals surface area contributed by atoms with Gasteiger partial charge in [-0.05, 0) is 23.3 Å². The van der Waals surface area contributed by atoms with Crippen LogP contribution < -0.4 is 16.2 Å². The Morgan fingerprint density at radius 3 is 2.17 bits per heavy atom. The minimum absolute atomic E-state index is 0.188. The summed E-state index contributed by atoms with van der Waals surface area (Å²) in [4.78, 5) is 53.7. The lowest BCUT2D eigenvalue weighted by Gasteiger charge is -2.20. The number of amides is 2. The van der Waals surface area contributed by atoms with Crippen LogP contribution in [-0.2, 0) is 11.0 Å². The van der Waals surface area contributed by atoms with E-state index >= 15 is 0 Å². The molecule has 1 heterocycles. The van der Waals surface area contributed by atoms with E-state index in [-0.39, 0.29) is 13.0 Å². The number of hydrogen-bond donors (Lipinski definition) is 4. The maximum Gasteiger partial charge on any atom is 0.416 e. The number of carboxylic acids is 1. The first-order valence-corrected chi connectivity index (χ1v) is 10.2. The maximum atomic E-state index is 12.9.